The number of carbonyl (C=O) groups is 1. The number of rotatable bonds is 4. The van der Waals surface area contributed by atoms with E-state index in [0.717, 1.165) is 18.5 Å². The summed E-state index contributed by atoms with van der Waals surface area (Å²) in [6.07, 6.45) is 2.49. The lowest BCUT2D eigenvalue weighted by Crippen LogP contribution is -2.35. The smallest absolute Gasteiger partial charge is 0.272 e. The van der Waals surface area contributed by atoms with Crippen molar-refractivity contribution in [2.45, 2.75) is 32.2 Å². The third kappa shape index (κ3) is 2.47. The van der Waals surface area contributed by atoms with Gasteiger partial charge in [-0.15, -0.1) is 0 Å². The molecule has 0 bridgehead atoms. The fourth-order valence-corrected chi connectivity index (χ4v) is 1.96. The van der Waals surface area contributed by atoms with E-state index in [1.807, 2.05) is 6.92 Å². The molecule has 5 heteroatoms. The molecular weight excluding hydrogens is 216 g/mol. The first kappa shape index (κ1) is 11.6. The number of hydrogen-bond acceptors (Lipinski definition) is 3. The van der Waals surface area contributed by atoms with Crippen LogP contribution in [0.3, 0.4) is 0 Å². The van der Waals surface area contributed by atoms with E-state index in [1.54, 1.807) is 22.7 Å². The summed E-state index contributed by atoms with van der Waals surface area (Å²) >= 11 is 0. The molecule has 1 aromatic rings. The van der Waals surface area contributed by atoms with Gasteiger partial charge in [0.2, 0.25) is 0 Å². The predicted octanol–water partition coefficient (Wildman–Crippen LogP) is 1.25. The summed E-state index contributed by atoms with van der Waals surface area (Å²) in [5.74, 6) is -0.00847. The molecular formula is C12H16N4O. The van der Waals surface area contributed by atoms with E-state index in [9.17, 15) is 4.79 Å². The first-order chi connectivity index (χ1) is 8.13. The molecule has 17 heavy (non-hydrogen) atoms. The molecule has 0 aromatic carbocycles. The van der Waals surface area contributed by atoms with Crippen molar-refractivity contribution >= 4 is 5.91 Å². The summed E-state index contributed by atoms with van der Waals surface area (Å²) in [6.45, 7) is 2.39. The van der Waals surface area contributed by atoms with Crippen molar-refractivity contribution in [2.24, 2.45) is 7.05 Å². The van der Waals surface area contributed by atoms with Crippen molar-refractivity contribution in [2.75, 3.05) is 6.54 Å². The Labute approximate surface area is 101 Å². The number of hydrogen-bond donors (Lipinski definition) is 0. The van der Waals surface area contributed by atoms with Gasteiger partial charge in [0.1, 0.15) is 5.69 Å². The highest BCUT2D eigenvalue weighted by atomic mass is 16.2. The number of carbonyl (C=O) groups excluding carboxylic acids is 1. The predicted molar refractivity (Wildman–Crippen MR) is 62.2 cm³/mol. The molecule has 1 aliphatic rings. The highest BCUT2D eigenvalue weighted by Crippen LogP contribution is 2.28. The van der Waals surface area contributed by atoms with E-state index in [4.69, 9.17) is 5.26 Å². The van der Waals surface area contributed by atoms with E-state index in [2.05, 4.69) is 11.2 Å². The Morgan fingerprint density at radius 3 is 2.88 bits per heavy atom. The number of aryl methyl sites for hydroxylation is 2. The molecule has 0 aliphatic heterocycles. The molecule has 2 rings (SSSR count). The van der Waals surface area contributed by atoms with Crippen LogP contribution in [0.5, 0.6) is 0 Å². The maximum Gasteiger partial charge on any atom is 0.272 e. The van der Waals surface area contributed by atoms with Gasteiger partial charge in [-0.1, -0.05) is 0 Å². The van der Waals surface area contributed by atoms with Gasteiger partial charge in [0, 0.05) is 19.6 Å². The van der Waals surface area contributed by atoms with Gasteiger partial charge in [-0.25, -0.2) is 0 Å². The van der Waals surface area contributed by atoms with Crippen molar-refractivity contribution < 1.29 is 4.79 Å². The normalized spacial score (nSPS) is 14.4. The van der Waals surface area contributed by atoms with Gasteiger partial charge >= 0.3 is 0 Å². The van der Waals surface area contributed by atoms with E-state index >= 15 is 0 Å². The van der Waals surface area contributed by atoms with Crippen LogP contribution in [0.4, 0.5) is 0 Å². The van der Waals surface area contributed by atoms with Gasteiger partial charge in [-0.2, -0.15) is 10.4 Å². The van der Waals surface area contributed by atoms with Crippen LogP contribution in [0.1, 0.15) is 35.4 Å². The maximum atomic E-state index is 12.3. The Morgan fingerprint density at radius 1 is 1.71 bits per heavy atom. The Hall–Kier alpha value is -1.83. The SMILES string of the molecule is Cc1cc(C(=O)N(CCC#N)C2CC2)n(C)n1. The lowest BCUT2D eigenvalue weighted by Gasteiger charge is -2.20. The van der Waals surface area contributed by atoms with Crippen molar-refractivity contribution in [3.63, 3.8) is 0 Å². The van der Waals surface area contributed by atoms with E-state index < -0.39 is 0 Å². The lowest BCUT2D eigenvalue weighted by molar-refractivity contribution is 0.0735. The van der Waals surface area contributed by atoms with Crippen LogP contribution in [0, 0.1) is 18.3 Å². The minimum Gasteiger partial charge on any atom is -0.333 e. The zero-order valence-corrected chi connectivity index (χ0v) is 10.2. The molecule has 0 atom stereocenters. The van der Waals surface area contributed by atoms with Gasteiger partial charge in [0.15, 0.2) is 0 Å². The molecule has 90 valence electrons. The molecule has 1 heterocycles. The van der Waals surface area contributed by atoms with E-state index in [1.165, 1.54) is 0 Å². The largest absolute Gasteiger partial charge is 0.333 e. The van der Waals surface area contributed by atoms with Crippen LogP contribution in [-0.2, 0) is 7.05 Å². The zero-order valence-electron chi connectivity index (χ0n) is 10.2. The summed E-state index contributed by atoms with van der Waals surface area (Å²) in [5.41, 5.74) is 1.44. The molecule has 0 radical (unpaired) electrons. The molecule has 5 nitrogen and oxygen atoms in total. The number of nitrogens with zero attached hydrogens (tertiary/aromatic N) is 4. The minimum absolute atomic E-state index is 0.00847. The van der Waals surface area contributed by atoms with Crippen LogP contribution in [0.2, 0.25) is 0 Å². The number of aromatic nitrogens is 2. The van der Waals surface area contributed by atoms with Crippen LogP contribution in [0.25, 0.3) is 0 Å². The summed E-state index contributed by atoms with van der Waals surface area (Å²) in [5, 5.41) is 12.8. The fraction of sp³-hybridized carbons (Fsp3) is 0.583. The van der Waals surface area contributed by atoms with Crippen LogP contribution in [-0.4, -0.2) is 33.2 Å². The average molecular weight is 232 g/mol. The molecule has 1 aromatic heterocycles. The average Bonchev–Trinajstić information content (AvgIpc) is 3.05. The van der Waals surface area contributed by atoms with Gasteiger partial charge in [-0.3, -0.25) is 9.48 Å². The van der Waals surface area contributed by atoms with Crippen molar-refractivity contribution in [1.82, 2.24) is 14.7 Å². The second-order valence-corrected chi connectivity index (χ2v) is 4.43. The molecule has 0 saturated heterocycles. The second-order valence-electron chi connectivity index (χ2n) is 4.43. The van der Waals surface area contributed by atoms with Gasteiger partial charge in [0.25, 0.3) is 5.91 Å². The first-order valence-corrected chi connectivity index (χ1v) is 5.82. The summed E-state index contributed by atoms with van der Waals surface area (Å²) in [6, 6.07) is 4.21. The summed E-state index contributed by atoms with van der Waals surface area (Å²) in [4.78, 5) is 14.1. The van der Waals surface area contributed by atoms with Crippen LogP contribution >= 0.6 is 0 Å². The third-order valence-corrected chi connectivity index (χ3v) is 2.93. The van der Waals surface area contributed by atoms with Crippen LogP contribution < -0.4 is 0 Å². The molecule has 0 N–H and O–H groups in total. The Balaban J connectivity index is 2.16. The highest BCUT2D eigenvalue weighted by Gasteiger charge is 2.33. The van der Waals surface area contributed by atoms with Crippen molar-refractivity contribution in [3.8, 4) is 6.07 Å². The monoisotopic (exact) mass is 232 g/mol. The first-order valence-electron chi connectivity index (χ1n) is 5.82. The molecule has 1 aliphatic carbocycles. The summed E-state index contributed by atoms with van der Waals surface area (Å²) < 4.78 is 1.61. The fourth-order valence-electron chi connectivity index (χ4n) is 1.96. The van der Waals surface area contributed by atoms with Crippen molar-refractivity contribution in [1.29, 1.82) is 5.26 Å². The number of amides is 1. The topological polar surface area (TPSA) is 61.9 Å². The Bertz CT molecular complexity index is 467. The highest BCUT2D eigenvalue weighted by molar-refractivity contribution is 5.93. The van der Waals surface area contributed by atoms with Crippen LogP contribution in [0.15, 0.2) is 6.07 Å². The zero-order chi connectivity index (χ0) is 12.4. The molecule has 1 fully saturated rings. The maximum absolute atomic E-state index is 12.3. The van der Waals surface area contributed by atoms with Gasteiger partial charge in [-0.05, 0) is 25.8 Å². The molecule has 0 unspecified atom stereocenters. The molecule has 1 amide bonds. The van der Waals surface area contributed by atoms with E-state index in [-0.39, 0.29) is 5.91 Å². The van der Waals surface area contributed by atoms with Gasteiger partial charge in [0.05, 0.1) is 18.2 Å². The minimum atomic E-state index is -0.00847. The molecule has 0 spiro atoms. The number of nitriles is 1. The van der Waals surface area contributed by atoms with Gasteiger partial charge < -0.3 is 4.90 Å². The Kier molecular flexibility index (Phi) is 3.14. The molecule has 1 saturated carbocycles. The quantitative estimate of drug-likeness (QED) is 0.784. The van der Waals surface area contributed by atoms with Crippen molar-refractivity contribution in [3.05, 3.63) is 17.5 Å². The Morgan fingerprint density at radius 2 is 2.41 bits per heavy atom. The third-order valence-electron chi connectivity index (χ3n) is 2.93. The lowest BCUT2D eigenvalue weighted by atomic mass is 10.3. The second kappa shape index (κ2) is 4.58. The summed E-state index contributed by atoms with van der Waals surface area (Å²) in [7, 11) is 1.77. The standard InChI is InChI=1S/C12H16N4O/c1-9-8-11(15(2)14-9)12(17)16(7-3-6-13)10-4-5-10/h8,10H,3-5,7H2,1-2H3. The van der Waals surface area contributed by atoms with E-state index in [0.29, 0.717) is 24.7 Å².